The van der Waals surface area contributed by atoms with Crippen LogP contribution in [0.1, 0.15) is 32.3 Å². The van der Waals surface area contributed by atoms with Crippen LogP contribution in [0.2, 0.25) is 0 Å². The van der Waals surface area contributed by atoms with Gasteiger partial charge in [-0.1, -0.05) is 13.8 Å². The van der Waals surface area contributed by atoms with Gasteiger partial charge in [0.1, 0.15) is 0 Å². The first-order valence-electron chi connectivity index (χ1n) is 5.92. The number of rotatable bonds is 6. The largest absolute Gasteiger partial charge is 1.00 e. The molecule has 0 saturated heterocycles. The zero-order valence-electron chi connectivity index (χ0n) is 11.5. The molecule has 0 amide bonds. The molecule has 0 bridgehead atoms. The van der Waals surface area contributed by atoms with E-state index in [0.29, 0.717) is 18.4 Å². The number of hydrogen-bond donors (Lipinski definition) is 2. The number of carbonyl (C=O) groups is 2. The molecule has 1 rings (SSSR count). The molecule has 0 saturated carbocycles. The van der Waals surface area contributed by atoms with Crippen molar-refractivity contribution in [1.29, 1.82) is 0 Å². The van der Waals surface area contributed by atoms with Crippen molar-refractivity contribution in [2.45, 2.75) is 32.1 Å². The molecule has 19 heavy (non-hydrogen) atoms. The topological polar surface area (TPSA) is 74.6 Å². The molecule has 0 spiro atoms. The Morgan fingerprint density at radius 2 is 1.74 bits per heavy atom. The predicted molar refractivity (Wildman–Crippen MR) is 66.3 cm³/mol. The molecule has 1 aromatic rings. The van der Waals surface area contributed by atoms with Gasteiger partial charge in [0.2, 0.25) is 0 Å². The van der Waals surface area contributed by atoms with Gasteiger partial charge >= 0.3 is 41.5 Å². The third-order valence-corrected chi connectivity index (χ3v) is 3.55. The fourth-order valence-corrected chi connectivity index (χ4v) is 2.48. The fraction of sp³-hybridized carbons (Fsp3) is 0.429. The molecular weight excluding hydrogens is 255 g/mol. The van der Waals surface area contributed by atoms with Crippen molar-refractivity contribution in [3.63, 3.8) is 0 Å². The normalized spacial score (nSPS) is 10.9. The van der Waals surface area contributed by atoms with Crippen LogP contribution in [0.4, 0.5) is 0 Å². The van der Waals surface area contributed by atoms with E-state index in [1.54, 1.807) is 24.3 Å². The second-order valence-corrected chi connectivity index (χ2v) is 4.25. The summed E-state index contributed by atoms with van der Waals surface area (Å²) in [6.07, 6.45) is 0.876. The summed E-state index contributed by atoms with van der Waals surface area (Å²) in [7, 11) is 0. The average Bonchev–Trinajstić information content (AvgIpc) is 2.36. The van der Waals surface area contributed by atoms with Crippen LogP contribution in [0.25, 0.3) is 0 Å². The first kappa shape index (κ1) is 18.2. The summed E-state index contributed by atoms with van der Waals surface area (Å²) in [6.45, 7) is 3.62. The van der Waals surface area contributed by atoms with Crippen LogP contribution in [0, 0.1) is 12.0 Å². The Labute approximate surface area is 135 Å². The summed E-state index contributed by atoms with van der Waals surface area (Å²) < 4.78 is 0. The van der Waals surface area contributed by atoms with Crippen LogP contribution in [0.5, 0.6) is 0 Å². The molecule has 1 aromatic carbocycles. The van der Waals surface area contributed by atoms with E-state index in [1.165, 1.54) is 0 Å². The summed E-state index contributed by atoms with van der Waals surface area (Å²) in [5, 5.41) is 18.4. The minimum absolute atomic E-state index is 0. The van der Waals surface area contributed by atoms with E-state index in [2.05, 4.69) is 6.07 Å². The van der Waals surface area contributed by atoms with Gasteiger partial charge in [-0.3, -0.25) is 9.59 Å². The zero-order valence-corrected chi connectivity index (χ0v) is 13.5. The average molecular weight is 272 g/mol. The third-order valence-electron chi connectivity index (χ3n) is 3.55. The minimum Gasteiger partial charge on any atom is -0.481 e. The molecule has 5 heteroatoms. The smallest absolute Gasteiger partial charge is 0.481 e. The van der Waals surface area contributed by atoms with E-state index < -0.39 is 23.3 Å². The Balaban J connectivity index is 0.00000324. The Morgan fingerprint density at radius 1 is 1.21 bits per heavy atom. The van der Waals surface area contributed by atoms with Crippen molar-refractivity contribution in [3.8, 4) is 0 Å². The molecule has 0 heterocycles. The summed E-state index contributed by atoms with van der Waals surface area (Å²) in [5.74, 6) is -4.06. The minimum atomic E-state index is -1.45. The van der Waals surface area contributed by atoms with Crippen LogP contribution < -0.4 is 29.6 Å². The number of hydrogen-bond acceptors (Lipinski definition) is 2. The molecule has 4 nitrogen and oxygen atoms in total. The van der Waals surface area contributed by atoms with E-state index in [-0.39, 0.29) is 29.6 Å². The second kappa shape index (κ2) is 7.68. The van der Waals surface area contributed by atoms with Gasteiger partial charge in [0.15, 0.2) is 5.92 Å². The number of carboxylic acids is 2. The van der Waals surface area contributed by atoms with Gasteiger partial charge in [-0.2, -0.15) is 35.9 Å². The summed E-state index contributed by atoms with van der Waals surface area (Å²) in [5.41, 5.74) is -0.274. The van der Waals surface area contributed by atoms with Gasteiger partial charge in [-0.15, -0.1) is 0 Å². The van der Waals surface area contributed by atoms with Crippen LogP contribution in [-0.4, -0.2) is 22.2 Å². The molecular formula is C14H17NaO4. The Bertz CT molecular complexity index is 412. The molecule has 0 fully saturated rings. The maximum absolute atomic E-state index is 11.3. The van der Waals surface area contributed by atoms with Crippen molar-refractivity contribution < 1.29 is 49.4 Å². The predicted octanol–water partition coefficient (Wildman–Crippen LogP) is -0.666. The fourth-order valence-electron chi connectivity index (χ4n) is 2.48. The monoisotopic (exact) mass is 272 g/mol. The van der Waals surface area contributed by atoms with Crippen LogP contribution >= 0.6 is 0 Å². The maximum Gasteiger partial charge on any atom is 1.00 e. The number of carboxylic acid groups (broad SMARTS) is 2. The van der Waals surface area contributed by atoms with Gasteiger partial charge in [-0.05, 0) is 18.3 Å². The van der Waals surface area contributed by atoms with Gasteiger partial charge in [-0.25, -0.2) is 0 Å². The standard InChI is InChI=1S/C14H17O4.Na/c1-3-14(4-2,10-8-6-5-7-9-10)11(12(15)16)13(17)18;/h5-8,11H,3-4H2,1-2H3,(H,15,16)(H,17,18);/q-1;+1. The van der Waals surface area contributed by atoms with Crippen molar-refractivity contribution in [3.05, 3.63) is 35.9 Å². The quantitative estimate of drug-likeness (QED) is 0.409. The van der Waals surface area contributed by atoms with Crippen LogP contribution in [-0.2, 0) is 15.0 Å². The van der Waals surface area contributed by atoms with Crippen molar-refractivity contribution in [1.82, 2.24) is 0 Å². The number of benzene rings is 1. The molecule has 0 aliphatic carbocycles. The van der Waals surface area contributed by atoms with Gasteiger partial charge in [0.05, 0.1) is 0 Å². The molecule has 0 unspecified atom stereocenters. The van der Waals surface area contributed by atoms with E-state index in [0.717, 1.165) is 0 Å². The Morgan fingerprint density at radius 3 is 2.05 bits per heavy atom. The summed E-state index contributed by atoms with van der Waals surface area (Å²) >= 11 is 0. The first-order chi connectivity index (χ1) is 8.49. The summed E-state index contributed by atoms with van der Waals surface area (Å²) in [6, 6.07) is 9.94. The second-order valence-electron chi connectivity index (χ2n) is 4.25. The van der Waals surface area contributed by atoms with E-state index in [9.17, 15) is 19.8 Å². The Kier molecular flexibility index (Phi) is 7.34. The molecule has 0 aliphatic heterocycles. The Hall–Kier alpha value is -0.840. The van der Waals surface area contributed by atoms with Crippen LogP contribution in [0.3, 0.4) is 0 Å². The molecule has 2 N–H and O–H groups in total. The number of aliphatic carboxylic acids is 2. The summed E-state index contributed by atoms with van der Waals surface area (Å²) in [4.78, 5) is 22.6. The molecule has 0 aliphatic rings. The van der Waals surface area contributed by atoms with Gasteiger partial charge in [0.25, 0.3) is 0 Å². The van der Waals surface area contributed by atoms with Gasteiger partial charge < -0.3 is 10.2 Å². The SMILES string of the molecule is CCC(CC)(c1[c-]cccc1)C(C(=O)O)C(=O)O.[Na+]. The first-order valence-corrected chi connectivity index (χ1v) is 5.92. The molecule has 0 atom stereocenters. The van der Waals surface area contributed by atoms with Crippen molar-refractivity contribution in [2.75, 3.05) is 0 Å². The zero-order chi connectivity index (χ0) is 13.8. The van der Waals surface area contributed by atoms with Gasteiger partial charge in [0, 0.05) is 0 Å². The van der Waals surface area contributed by atoms with Crippen LogP contribution in [0.15, 0.2) is 24.3 Å². The molecule has 0 aromatic heterocycles. The van der Waals surface area contributed by atoms with E-state index in [4.69, 9.17) is 0 Å². The van der Waals surface area contributed by atoms with E-state index >= 15 is 0 Å². The van der Waals surface area contributed by atoms with Crippen molar-refractivity contribution in [2.24, 2.45) is 5.92 Å². The van der Waals surface area contributed by atoms with Crippen molar-refractivity contribution >= 4 is 11.9 Å². The maximum atomic E-state index is 11.3. The molecule has 0 radical (unpaired) electrons. The van der Waals surface area contributed by atoms with E-state index in [1.807, 2.05) is 13.8 Å². The third kappa shape index (κ3) is 3.59. The molecule has 98 valence electrons.